The molecule has 3 rings (SSSR count). The van der Waals surface area contributed by atoms with E-state index in [0.717, 1.165) is 13.0 Å². The molecule has 1 unspecified atom stereocenters. The molecule has 1 saturated heterocycles. The summed E-state index contributed by atoms with van der Waals surface area (Å²) in [6.07, 6.45) is 5.91. The monoisotopic (exact) mass is 356 g/mol. The van der Waals surface area contributed by atoms with Gasteiger partial charge in [0.05, 0.1) is 12.2 Å². The molecule has 1 aliphatic rings. The zero-order valence-electron chi connectivity index (χ0n) is 14.9. The van der Waals surface area contributed by atoms with Gasteiger partial charge in [-0.3, -0.25) is 4.79 Å². The highest BCUT2D eigenvalue weighted by molar-refractivity contribution is 5.94. The predicted octanol–water partition coefficient (Wildman–Crippen LogP) is 1.02. The fraction of sp³-hybridized carbons (Fsp3) is 0.444. The average Bonchev–Trinajstić information content (AvgIpc) is 2.95. The number of hydrogen-bond acceptors (Lipinski definition) is 7. The van der Waals surface area contributed by atoms with Crippen molar-refractivity contribution in [1.82, 2.24) is 19.9 Å². The van der Waals surface area contributed by atoms with Crippen LogP contribution in [0.25, 0.3) is 0 Å². The Morgan fingerprint density at radius 3 is 2.69 bits per heavy atom. The fourth-order valence-corrected chi connectivity index (χ4v) is 2.86. The predicted molar refractivity (Wildman–Crippen MR) is 99.2 cm³/mol. The van der Waals surface area contributed by atoms with Gasteiger partial charge in [-0.2, -0.15) is 0 Å². The first kappa shape index (κ1) is 18.1. The maximum atomic E-state index is 12.8. The molecular weight excluding hydrogens is 332 g/mol. The Labute approximate surface area is 152 Å². The molecule has 0 radical (unpaired) electrons. The molecule has 1 fully saturated rings. The Bertz CT molecular complexity index is 709. The molecule has 1 amide bonds. The van der Waals surface area contributed by atoms with E-state index in [1.54, 1.807) is 36.8 Å². The van der Waals surface area contributed by atoms with E-state index in [9.17, 15) is 4.79 Å². The summed E-state index contributed by atoms with van der Waals surface area (Å²) in [5, 5.41) is 12.1. The van der Waals surface area contributed by atoms with Crippen LogP contribution in [0.5, 0.6) is 0 Å². The van der Waals surface area contributed by atoms with Gasteiger partial charge in [-0.1, -0.05) is 0 Å². The molecule has 2 N–H and O–H groups in total. The lowest BCUT2D eigenvalue weighted by molar-refractivity contribution is 0.0766. The third kappa shape index (κ3) is 4.45. The number of nitrogens with one attached hydrogen (secondary N) is 1. The number of carbonyl (C=O) groups excluding carboxylic acids is 1. The largest absolute Gasteiger partial charge is 0.394 e. The molecule has 2 aromatic heterocycles. The number of anilines is 2. The van der Waals surface area contributed by atoms with Crippen LogP contribution >= 0.6 is 0 Å². The molecule has 0 spiro atoms. The minimum Gasteiger partial charge on any atom is -0.394 e. The first-order chi connectivity index (χ1) is 12.7. The molecule has 8 heteroatoms. The van der Waals surface area contributed by atoms with E-state index in [2.05, 4.69) is 25.2 Å². The van der Waals surface area contributed by atoms with Crippen molar-refractivity contribution in [3.8, 4) is 0 Å². The van der Waals surface area contributed by atoms with Crippen LogP contribution in [-0.2, 0) is 0 Å². The zero-order chi connectivity index (χ0) is 18.4. The second-order valence-corrected chi connectivity index (χ2v) is 6.34. The highest BCUT2D eigenvalue weighted by Crippen LogP contribution is 2.14. The lowest BCUT2D eigenvalue weighted by Crippen LogP contribution is -2.35. The zero-order valence-corrected chi connectivity index (χ0v) is 14.9. The molecular formula is C18H24N6O2. The summed E-state index contributed by atoms with van der Waals surface area (Å²) in [4.78, 5) is 29.6. The number of aromatic nitrogens is 3. The number of aliphatic hydroxyl groups excluding tert-OH is 1. The van der Waals surface area contributed by atoms with E-state index in [-0.39, 0.29) is 18.6 Å². The summed E-state index contributed by atoms with van der Waals surface area (Å²) < 4.78 is 0. The molecule has 0 aromatic carbocycles. The van der Waals surface area contributed by atoms with E-state index in [1.807, 2.05) is 11.8 Å². The molecule has 138 valence electrons. The van der Waals surface area contributed by atoms with Crippen molar-refractivity contribution in [1.29, 1.82) is 0 Å². The van der Waals surface area contributed by atoms with Crippen LogP contribution in [0.15, 0.2) is 36.8 Å². The number of aliphatic hydroxyl groups is 1. The first-order valence-electron chi connectivity index (χ1n) is 8.82. The first-order valence-corrected chi connectivity index (χ1v) is 8.82. The van der Waals surface area contributed by atoms with E-state index >= 15 is 0 Å². The molecule has 0 saturated carbocycles. The molecule has 3 heterocycles. The standard InChI is InChI=1S/C18H24N6O2/c1-14(13-25)22-16-5-4-15(12-21-16)17(26)23-8-3-9-24(11-10-23)18-19-6-2-7-20-18/h2,4-7,12,14,25H,3,8-11,13H2,1H3,(H,21,22). The van der Waals surface area contributed by atoms with Crippen molar-refractivity contribution < 1.29 is 9.90 Å². The highest BCUT2D eigenvalue weighted by atomic mass is 16.3. The van der Waals surface area contributed by atoms with E-state index < -0.39 is 0 Å². The Morgan fingerprint density at radius 2 is 2.00 bits per heavy atom. The number of pyridine rings is 1. The number of nitrogens with zero attached hydrogens (tertiary/aromatic N) is 5. The van der Waals surface area contributed by atoms with Crippen LogP contribution in [-0.4, -0.2) is 69.7 Å². The number of hydrogen-bond donors (Lipinski definition) is 2. The van der Waals surface area contributed by atoms with Crippen molar-refractivity contribution in [3.05, 3.63) is 42.4 Å². The summed E-state index contributed by atoms with van der Waals surface area (Å²) in [6, 6.07) is 5.25. The van der Waals surface area contributed by atoms with Crippen LogP contribution in [0.2, 0.25) is 0 Å². The van der Waals surface area contributed by atoms with E-state index in [0.29, 0.717) is 37.0 Å². The number of carbonyl (C=O) groups is 1. The van der Waals surface area contributed by atoms with Gasteiger partial charge in [0.25, 0.3) is 5.91 Å². The summed E-state index contributed by atoms with van der Waals surface area (Å²) >= 11 is 0. The van der Waals surface area contributed by atoms with Gasteiger partial charge in [-0.15, -0.1) is 0 Å². The van der Waals surface area contributed by atoms with Gasteiger partial charge in [0.1, 0.15) is 5.82 Å². The van der Waals surface area contributed by atoms with Crippen molar-refractivity contribution in [2.45, 2.75) is 19.4 Å². The minimum atomic E-state index is -0.0825. The Morgan fingerprint density at radius 1 is 1.19 bits per heavy atom. The molecule has 0 aliphatic carbocycles. The molecule has 1 atom stereocenters. The summed E-state index contributed by atoms with van der Waals surface area (Å²) in [6.45, 7) is 4.74. The van der Waals surface area contributed by atoms with Gasteiger partial charge in [-0.25, -0.2) is 15.0 Å². The highest BCUT2D eigenvalue weighted by Gasteiger charge is 2.21. The minimum absolute atomic E-state index is 0.0184. The summed E-state index contributed by atoms with van der Waals surface area (Å²) in [5.74, 6) is 1.33. The second-order valence-electron chi connectivity index (χ2n) is 6.34. The topological polar surface area (TPSA) is 94.5 Å². The van der Waals surface area contributed by atoms with Crippen molar-refractivity contribution in [2.75, 3.05) is 43.0 Å². The van der Waals surface area contributed by atoms with Gasteiger partial charge in [0.15, 0.2) is 0 Å². The Balaban J connectivity index is 1.61. The SMILES string of the molecule is CC(CO)Nc1ccc(C(=O)N2CCCN(c3ncccn3)CC2)cn1. The molecule has 26 heavy (non-hydrogen) atoms. The lowest BCUT2D eigenvalue weighted by atomic mass is 10.2. The maximum absolute atomic E-state index is 12.8. The molecule has 1 aliphatic heterocycles. The quantitative estimate of drug-likeness (QED) is 0.826. The fourth-order valence-electron chi connectivity index (χ4n) is 2.86. The van der Waals surface area contributed by atoms with Crippen LogP contribution < -0.4 is 10.2 Å². The van der Waals surface area contributed by atoms with Crippen LogP contribution in [0.1, 0.15) is 23.7 Å². The van der Waals surface area contributed by atoms with Crippen LogP contribution in [0, 0.1) is 0 Å². The Hall–Kier alpha value is -2.74. The average molecular weight is 356 g/mol. The van der Waals surface area contributed by atoms with E-state index in [1.165, 1.54) is 0 Å². The van der Waals surface area contributed by atoms with Crippen LogP contribution in [0.3, 0.4) is 0 Å². The normalized spacial score (nSPS) is 16.1. The van der Waals surface area contributed by atoms with Gasteiger partial charge in [0.2, 0.25) is 5.95 Å². The summed E-state index contributed by atoms with van der Waals surface area (Å²) in [7, 11) is 0. The van der Waals surface area contributed by atoms with Gasteiger partial charge in [0, 0.05) is 50.8 Å². The van der Waals surface area contributed by atoms with Crippen LogP contribution in [0.4, 0.5) is 11.8 Å². The third-order valence-electron chi connectivity index (χ3n) is 4.30. The van der Waals surface area contributed by atoms with Gasteiger partial charge >= 0.3 is 0 Å². The molecule has 8 nitrogen and oxygen atoms in total. The van der Waals surface area contributed by atoms with Gasteiger partial charge in [-0.05, 0) is 31.5 Å². The van der Waals surface area contributed by atoms with Crippen molar-refractivity contribution >= 4 is 17.7 Å². The summed E-state index contributed by atoms with van der Waals surface area (Å²) in [5.41, 5.74) is 0.566. The number of amides is 1. The molecule has 0 bridgehead atoms. The van der Waals surface area contributed by atoms with Crippen molar-refractivity contribution in [2.24, 2.45) is 0 Å². The lowest BCUT2D eigenvalue weighted by Gasteiger charge is -2.22. The molecule has 2 aromatic rings. The van der Waals surface area contributed by atoms with Gasteiger partial charge < -0.3 is 20.2 Å². The maximum Gasteiger partial charge on any atom is 0.255 e. The van der Waals surface area contributed by atoms with Crippen molar-refractivity contribution in [3.63, 3.8) is 0 Å². The van der Waals surface area contributed by atoms with E-state index in [4.69, 9.17) is 5.11 Å². The number of rotatable bonds is 5. The smallest absolute Gasteiger partial charge is 0.255 e. The second kappa shape index (κ2) is 8.57. The Kier molecular flexibility index (Phi) is 5.96. The third-order valence-corrected chi connectivity index (χ3v) is 4.30.